The van der Waals surface area contributed by atoms with Crippen LogP contribution in [0.2, 0.25) is 0 Å². The van der Waals surface area contributed by atoms with Gasteiger partial charge in [-0.15, -0.1) is 0 Å². The number of rotatable bonds is 64. The third kappa shape index (κ3) is 60.9. The van der Waals surface area contributed by atoms with Crippen molar-refractivity contribution in [3.63, 3.8) is 0 Å². The minimum absolute atomic E-state index is 0.0178. The number of unbranched alkanes of at least 4 members (excludes halogenated alkanes) is 46. The molecule has 0 rings (SSSR count). The number of carbonyl (C=O) groups is 2. The highest BCUT2D eigenvalue weighted by molar-refractivity contribution is 7.45. The summed E-state index contributed by atoms with van der Waals surface area (Å²) in [5.41, 5.74) is 0. The van der Waals surface area contributed by atoms with E-state index in [-0.39, 0.29) is 31.5 Å². The molecule has 0 aromatic heterocycles. The first-order valence-corrected chi connectivity index (χ1v) is 36.1. The number of phosphoric acid groups is 1. The van der Waals surface area contributed by atoms with Gasteiger partial charge in [-0.2, -0.15) is 0 Å². The summed E-state index contributed by atoms with van der Waals surface area (Å²) in [6.45, 7) is 6.90. The predicted octanol–water partition coefficient (Wildman–Crippen LogP) is 21.0. The van der Waals surface area contributed by atoms with Crippen LogP contribution < -0.4 is 10.2 Å². The number of amides is 1. The largest absolute Gasteiger partial charge is 0.756 e. The summed E-state index contributed by atoms with van der Waals surface area (Å²) >= 11 is 0. The van der Waals surface area contributed by atoms with Crippen LogP contribution in [0.4, 0.5) is 0 Å². The fourth-order valence-corrected chi connectivity index (χ4v) is 11.2. The fourth-order valence-electron chi connectivity index (χ4n) is 10.5. The van der Waals surface area contributed by atoms with Crippen LogP contribution in [-0.4, -0.2) is 69.4 Å². The van der Waals surface area contributed by atoms with Gasteiger partial charge in [0.2, 0.25) is 5.91 Å². The summed E-state index contributed by atoms with van der Waals surface area (Å²) in [5, 5.41) is 3.04. The molecule has 0 aliphatic carbocycles. The molecule has 0 aliphatic rings. The minimum atomic E-state index is -4.70. The Morgan fingerprint density at radius 2 is 0.734 bits per heavy atom. The molecule has 0 saturated carbocycles. The van der Waals surface area contributed by atoms with Crippen LogP contribution in [0.25, 0.3) is 0 Å². The molecule has 0 aromatic rings. The lowest BCUT2D eigenvalue weighted by Gasteiger charge is -2.30. The predicted molar refractivity (Wildman–Crippen MR) is 340 cm³/mol. The van der Waals surface area contributed by atoms with Gasteiger partial charge in [-0.3, -0.25) is 14.2 Å². The van der Waals surface area contributed by atoms with Gasteiger partial charge in [-0.25, -0.2) is 0 Å². The first kappa shape index (κ1) is 77.5. The lowest BCUT2D eigenvalue weighted by atomic mass is 10.0. The molecule has 0 saturated heterocycles. The zero-order valence-electron chi connectivity index (χ0n) is 53.6. The third-order valence-electron chi connectivity index (χ3n) is 15.9. The van der Waals surface area contributed by atoms with Gasteiger partial charge in [0, 0.05) is 12.8 Å². The Bertz CT molecular complexity index is 1400. The summed E-state index contributed by atoms with van der Waals surface area (Å²) in [4.78, 5) is 40.1. The van der Waals surface area contributed by atoms with Gasteiger partial charge in [-0.1, -0.05) is 309 Å². The average molecular weight is 1140 g/mol. The monoisotopic (exact) mass is 1140 g/mol. The summed E-state index contributed by atoms with van der Waals surface area (Å²) in [6, 6.07) is -0.882. The molecular weight excluding hydrogens is 1000 g/mol. The molecule has 0 aliphatic heterocycles. The number of ether oxygens (including phenoxy) is 1. The second-order valence-corrected chi connectivity index (χ2v) is 26.5. The minimum Gasteiger partial charge on any atom is -0.756 e. The standard InChI is InChI=1S/C69H135N2O7P/c1-7-10-13-16-19-22-25-28-30-31-32-33-34-35-36-37-38-39-41-44-47-50-53-56-59-62-69(73)78-67(60-57-54-51-48-45-42-27-24-21-18-15-12-9-3)66(65-77-79(74,75)76-64-63-71(4,5)6)70-68(72)61-58-55-52-49-46-43-40-29-26-23-20-17-14-11-8-2/h28,30,57,60,66-67H,7-27,29,31-56,58-59,61-65H2,1-6H3,(H-,70,72,74,75)/b30-28+,60-57+. The summed E-state index contributed by atoms with van der Waals surface area (Å²) in [6.07, 6.45) is 71.5. The topological polar surface area (TPSA) is 114 Å². The molecule has 0 bridgehead atoms. The molecule has 3 atom stereocenters. The Kier molecular flexibility index (Phi) is 58.5. The second kappa shape index (κ2) is 59.6. The molecule has 0 aromatic carbocycles. The van der Waals surface area contributed by atoms with E-state index >= 15 is 0 Å². The quantitative estimate of drug-likeness (QED) is 0.0212. The fraction of sp³-hybridized carbons (Fsp3) is 0.913. The number of carbonyl (C=O) groups excluding carboxylic acids is 2. The smallest absolute Gasteiger partial charge is 0.306 e. The van der Waals surface area contributed by atoms with Crippen molar-refractivity contribution in [3.05, 3.63) is 24.3 Å². The number of likely N-dealkylation sites (N-methyl/N-ethyl adjacent to an activating group) is 1. The van der Waals surface area contributed by atoms with Gasteiger partial charge in [0.05, 0.1) is 33.8 Å². The Morgan fingerprint density at radius 3 is 1.08 bits per heavy atom. The molecule has 0 heterocycles. The van der Waals surface area contributed by atoms with Gasteiger partial charge in [0.15, 0.2) is 0 Å². The summed E-state index contributed by atoms with van der Waals surface area (Å²) in [7, 11) is 1.21. The molecular formula is C69H135N2O7P. The van der Waals surface area contributed by atoms with E-state index in [9.17, 15) is 19.0 Å². The van der Waals surface area contributed by atoms with Gasteiger partial charge < -0.3 is 28.5 Å². The van der Waals surface area contributed by atoms with Crippen molar-refractivity contribution in [3.8, 4) is 0 Å². The van der Waals surface area contributed by atoms with E-state index in [1.807, 2.05) is 33.3 Å². The van der Waals surface area contributed by atoms with E-state index in [0.717, 1.165) is 57.8 Å². The van der Waals surface area contributed by atoms with Crippen molar-refractivity contribution >= 4 is 19.7 Å². The molecule has 10 heteroatoms. The van der Waals surface area contributed by atoms with Crippen molar-refractivity contribution in [1.82, 2.24) is 5.32 Å². The SMILES string of the molecule is CCCCCCCC/C=C/CCCCCCCCCCCCCCCCCC(=O)OC(/C=C/CCCCCCCCCCCCC)C(COP(=O)([O-])OCC[N+](C)(C)C)NC(=O)CCCCCCCCCCCCCCCCC. The number of nitrogens with one attached hydrogen (secondary N) is 1. The average Bonchev–Trinajstić information content (AvgIpc) is 3.41. The van der Waals surface area contributed by atoms with E-state index in [0.29, 0.717) is 17.4 Å². The molecule has 3 unspecified atom stereocenters. The van der Waals surface area contributed by atoms with E-state index in [1.54, 1.807) is 0 Å². The Labute approximate surface area is 492 Å². The van der Waals surface area contributed by atoms with Gasteiger partial charge in [0.25, 0.3) is 7.82 Å². The van der Waals surface area contributed by atoms with Crippen LogP contribution in [0.3, 0.4) is 0 Å². The Hall–Kier alpha value is -1.51. The van der Waals surface area contributed by atoms with E-state index in [4.69, 9.17) is 13.8 Å². The molecule has 0 spiro atoms. The lowest BCUT2D eigenvalue weighted by molar-refractivity contribution is -0.870. The second-order valence-electron chi connectivity index (χ2n) is 25.0. The molecule has 0 radical (unpaired) electrons. The number of hydrogen-bond donors (Lipinski definition) is 1. The molecule has 1 N–H and O–H groups in total. The normalized spacial score (nSPS) is 13.7. The maximum Gasteiger partial charge on any atom is 0.306 e. The molecule has 79 heavy (non-hydrogen) atoms. The van der Waals surface area contributed by atoms with Crippen molar-refractivity contribution < 1.29 is 37.3 Å². The van der Waals surface area contributed by atoms with Crippen LogP contribution in [0.1, 0.15) is 355 Å². The van der Waals surface area contributed by atoms with Gasteiger partial charge in [0.1, 0.15) is 19.3 Å². The first-order chi connectivity index (χ1) is 38.4. The number of nitrogens with zero attached hydrogens (tertiary/aromatic N) is 1. The van der Waals surface area contributed by atoms with E-state index < -0.39 is 20.0 Å². The summed E-state index contributed by atoms with van der Waals surface area (Å²) in [5.74, 6) is -0.519. The van der Waals surface area contributed by atoms with E-state index in [1.165, 1.54) is 263 Å². The van der Waals surface area contributed by atoms with Crippen LogP contribution in [0.5, 0.6) is 0 Å². The molecule has 9 nitrogen and oxygen atoms in total. The Balaban J connectivity index is 5.05. The highest BCUT2D eigenvalue weighted by Crippen LogP contribution is 2.38. The van der Waals surface area contributed by atoms with Crippen molar-refractivity contribution in [2.75, 3.05) is 40.9 Å². The van der Waals surface area contributed by atoms with Gasteiger partial charge in [-0.05, 0) is 57.4 Å². The number of hydrogen-bond acceptors (Lipinski definition) is 7. The van der Waals surface area contributed by atoms with Crippen LogP contribution in [0.15, 0.2) is 24.3 Å². The van der Waals surface area contributed by atoms with Crippen LogP contribution >= 0.6 is 7.82 Å². The Morgan fingerprint density at radius 1 is 0.430 bits per heavy atom. The number of phosphoric ester groups is 1. The van der Waals surface area contributed by atoms with Crippen LogP contribution in [0, 0.1) is 0 Å². The number of esters is 1. The third-order valence-corrected chi connectivity index (χ3v) is 16.8. The highest BCUT2D eigenvalue weighted by Gasteiger charge is 2.27. The van der Waals surface area contributed by atoms with Crippen LogP contribution in [-0.2, 0) is 27.9 Å². The molecule has 0 fully saturated rings. The molecule has 1 amide bonds. The summed E-state index contributed by atoms with van der Waals surface area (Å²) < 4.78 is 30.4. The van der Waals surface area contributed by atoms with E-state index in [2.05, 4.69) is 38.2 Å². The first-order valence-electron chi connectivity index (χ1n) is 34.6. The number of quaternary nitrogens is 1. The lowest BCUT2D eigenvalue weighted by Crippen LogP contribution is -2.47. The highest BCUT2D eigenvalue weighted by atomic mass is 31.2. The number of allylic oxidation sites excluding steroid dienone is 3. The van der Waals surface area contributed by atoms with Crippen molar-refractivity contribution in [2.45, 2.75) is 367 Å². The van der Waals surface area contributed by atoms with Crippen molar-refractivity contribution in [2.24, 2.45) is 0 Å². The van der Waals surface area contributed by atoms with Crippen molar-refractivity contribution in [1.29, 1.82) is 0 Å². The maximum atomic E-state index is 13.6. The van der Waals surface area contributed by atoms with Gasteiger partial charge >= 0.3 is 5.97 Å². The zero-order valence-corrected chi connectivity index (χ0v) is 54.5. The zero-order chi connectivity index (χ0) is 57.9. The maximum absolute atomic E-state index is 13.6. The molecule has 468 valence electrons.